The third-order valence-corrected chi connectivity index (χ3v) is 5.93. The molecule has 31 heavy (non-hydrogen) atoms. The molecule has 5 nitrogen and oxygen atoms in total. The van der Waals surface area contributed by atoms with Crippen molar-refractivity contribution in [3.8, 4) is 0 Å². The fourth-order valence-electron chi connectivity index (χ4n) is 4.24. The number of fused-ring (bicyclic) bond motifs is 2. The van der Waals surface area contributed by atoms with Crippen molar-refractivity contribution < 1.29 is 9.59 Å². The number of halogens is 1. The summed E-state index contributed by atoms with van der Waals surface area (Å²) in [4.78, 5) is 30.9. The maximum atomic E-state index is 13.2. The summed E-state index contributed by atoms with van der Waals surface area (Å²) in [6.07, 6.45) is 2.16. The van der Waals surface area contributed by atoms with Crippen LogP contribution in [0.5, 0.6) is 0 Å². The van der Waals surface area contributed by atoms with E-state index in [-0.39, 0.29) is 24.3 Å². The minimum Gasteiger partial charge on any atom is -0.361 e. The summed E-state index contributed by atoms with van der Waals surface area (Å²) in [6, 6.07) is 22.5. The largest absolute Gasteiger partial charge is 0.361 e. The van der Waals surface area contributed by atoms with E-state index < -0.39 is 0 Å². The van der Waals surface area contributed by atoms with Crippen LogP contribution in [0.25, 0.3) is 10.9 Å². The number of H-pyrrole nitrogens is 1. The first-order valence-electron chi connectivity index (χ1n) is 10.1. The van der Waals surface area contributed by atoms with Crippen molar-refractivity contribution in [3.05, 3.63) is 101 Å². The van der Waals surface area contributed by atoms with E-state index in [1.54, 1.807) is 29.2 Å². The Balaban J connectivity index is 1.42. The number of rotatable bonds is 5. The van der Waals surface area contributed by atoms with Crippen molar-refractivity contribution in [1.82, 2.24) is 9.88 Å². The maximum Gasteiger partial charge on any atom is 0.255 e. The number of aromatic nitrogens is 1. The Morgan fingerprint density at radius 2 is 1.71 bits per heavy atom. The van der Waals surface area contributed by atoms with Crippen LogP contribution in [0.15, 0.2) is 79.0 Å². The van der Waals surface area contributed by atoms with Crippen LogP contribution in [0.4, 0.5) is 5.69 Å². The Kier molecular flexibility index (Phi) is 4.96. The zero-order valence-electron chi connectivity index (χ0n) is 16.6. The van der Waals surface area contributed by atoms with Gasteiger partial charge in [-0.1, -0.05) is 48.0 Å². The highest BCUT2D eigenvalue weighted by atomic mass is 35.5. The molecule has 0 unspecified atom stereocenters. The van der Waals surface area contributed by atoms with Crippen molar-refractivity contribution in [2.24, 2.45) is 0 Å². The first-order valence-corrected chi connectivity index (χ1v) is 10.5. The molecule has 1 aromatic heterocycles. The number of hydrogen-bond acceptors (Lipinski definition) is 2. The fraction of sp³-hybridized carbons (Fsp3) is 0.120. The molecule has 0 saturated heterocycles. The third kappa shape index (κ3) is 3.57. The van der Waals surface area contributed by atoms with Gasteiger partial charge in [-0.15, -0.1) is 0 Å². The minimum absolute atomic E-state index is 0.0508. The van der Waals surface area contributed by atoms with Gasteiger partial charge in [0.15, 0.2) is 0 Å². The topological polar surface area (TPSA) is 65.2 Å². The summed E-state index contributed by atoms with van der Waals surface area (Å²) >= 11 is 5.90. The highest BCUT2D eigenvalue weighted by Crippen LogP contribution is 2.41. The molecule has 1 aliphatic heterocycles. The van der Waals surface area contributed by atoms with Crippen molar-refractivity contribution in [3.63, 3.8) is 0 Å². The van der Waals surface area contributed by atoms with E-state index in [9.17, 15) is 9.59 Å². The average molecular weight is 430 g/mol. The Bertz CT molecular complexity index is 1280. The van der Waals surface area contributed by atoms with Crippen molar-refractivity contribution in [2.45, 2.75) is 12.5 Å². The van der Waals surface area contributed by atoms with E-state index in [4.69, 9.17) is 11.6 Å². The molecule has 2 heterocycles. The van der Waals surface area contributed by atoms with Gasteiger partial charge in [-0.2, -0.15) is 0 Å². The lowest BCUT2D eigenvalue weighted by atomic mass is 9.97. The van der Waals surface area contributed by atoms with Gasteiger partial charge < -0.3 is 15.2 Å². The SMILES string of the molecule is O=C(CCN1C(=O)c2ccccc2[C@@H]1c1c[nH]c2ccccc12)Nc1ccc(Cl)cc1. The summed E-state index contributed by atoms with van der Waals surface area (Å²) in [5.41, 5.74) is 4.40. The molecule has 0 aliphatic carbocycles. The summed E-state index contributed by atoms with van der Waals surface area (Å²) in [6.45, 7) is 0.317. The monoisotopic (exact) mass is 429 g/mol. The molecule has 0 spiro atoms. The quantitative estimate of drug-likeness (QED) is 0.446. The fourth-order valence-corrected chi connectivity index (χ4v) is 4.36. The molecular formula is C25H20ClN3O2. The lowest BCUT2D eigenvalue weighted by Crippen LogP contribution is -2.32. The van der Waals surface area contributed by atoms with Gasteiger partial charge in [0.25, 0.3) is 5.91 Å². The minimum atomic E-state index is -0.233. The Hall–Kier alpha value is -3.57. The van der Waals surface area contributed by atoms with E-state index in [2.05, 4.69) is 16.4 Å². The number of hydrogen-bond donors (Lipinski definition) is 2. The van der Waals surface area contributed by atoms with Crippen LogP contribution >= 0.6 is 11.6 Å². The molecule has 2 N–H and O–H groups in total. The zero-order valence-corrected chi connectivity index (χ0v) is 17.4. The number of nitrogens with zero attached hydrogens (tertiary/aromatic N) is 1. The molecule has 0 radical (unpaired) electrons. The lowest BCUT2D eigenvalue weighted by Gasteiger charge is -2.25. The van der Waals surface area contributed by atoms with E-state index in [1.807, 2.05) is 48.7 Å². The molecule has 5 rings (SSSR count). The van der Waals surface area contributed by atoms with Crippen LogP contribution in [-0.2, 0) is 4.79 Å². The van der Waals surface area contributed by atoms with Crippen molar-refractivity contribution in [2.75, 3.05) is 11.9 Å². The number of amides is 2. The van der Waals surface area contributed by atoms with Crippen LogP contribution in [0.2, 0.25) is 5.02 Å². The molecule has 1 aliphatic rings. The lowest BCUT2D eigenvalue weighted by molar-refractivity contribution is -0.116. The van der Waals surface area contributed by atoms with Gasteiger partial charge in [-0.25, -0.2) is 0 Å². The van der Waals surface area contributed by atoms with Gasteiger partial charge >= 0.3 is 0 Å². The molecule has 2 amide bonds. The maximum absolute atomic E-state index is 13.2. The summed E-state index contributed by atoms with van der Waals surface area (Å²) < 4.78 is 0. The van der Waals surface area contributed by atoms with Gasteiger partial charge in [0, 0.05) is 51.9 Å². The Morgan fingerprint density at radius 3 is 2.55 bits per heavy atom. The number of para-hydroxylation sites is 1. The van der Waals surface area contributed by atoms with Crippen LogP contribution in [0, 0.1) is 0 Å². The van der Waals surface area contributed by atoms with E-state index in [1.165, 1.54) is 0 Å². The molecule has 3 aromatic carbocycles. The molecule has 0 fully saturated rings. The second-order valence-electron chi connectivity index (χ2n) is 7.58. The van der Waals surface area contributed by atoms with E-state index in [0.29, 0.717) is 22.8 Å². The average Bonchev–Trinajstić information content (AvgIpc) is 3.33. The molecule has 4 aromatic rings. The summed E-state index contributed by atoms with van der Waals surface area (Å²) in [7, 11) is 0. The second kappa shape index (κ2) is 7.93. The predicted octanol–water partition coefficient (Wildman–Crippen LogP) is 5.40. The normalized spacial score (nSPS) is 15.3. The highest BCUT2D eigenvalue weighted by molar-refractivity contribution is 6.30. The first kappa shape index (κ1) is 19.4. The number of carbonyl (C=O) groups is 2. The van der Waals surface area contributed by atoms with Gasteiger partial charge in [-0.3, -0.25) is 9.59 Å². The summed E-state index contributed by atoms with van der Waals surface area (Å²) in [5, 5.41) is 4.55. The molecule has 154 valence electrons. The third-order valence-electron chi connectivity index (χ3n) is 5.68. The van der Waals surface area contributed by atoms with Gasteiger partial charge in [0.1, 0.15) is 0 Å². The number of anilines is 1. The first-order chi connectivity index (χ1) is 15.1. The smallest absolute Gasteiger partial charge is 0.255 e. The Morgan fingerprint density at radius 1 is 0.968 bits per heavy atom. The van der Waals surface area contributed by atoms with Gasteiger partial charge in [-0.05, 0) is 42.0 Å². The second-order valence-corrected chi connectivity index (χ2v) is 8.02. The number of benzene rings is 3. The molecule has 0 saturated carbocycles. The zero-order chi connectivity index (χ0) is 21.4. The summed E-state index contributed by atoms with van der Waals surface area (Å²) in [5.74, 6) is -0.200. The molecule has 1 atom stereocenters. The van der Waals surface area contributed by atoms with Gasteiger partial charge in [0.2, 0.25) is 5.91 Å². The Labute approximate surface area is 184 Å². The number of carbonyl (C=O) groups excluding carboxylic acids is 2. The van der Waals surface area contributed by atoms with Crippen LogP contribution in [0.1, 0.15) is 33.9 Å². The van der Waals surface area contributed by atoms with Crippen LogP contribution < -0.4 is 5.32 Å². The standard InChI is InChI=1S/C25H20ClN3O2/c26-16-9-11-17(12-10-16)28-23(30)13-14-29-24(19-6-1-2-7-20(19)25(29)31)21-15-27-22-8-4-3-5-18(21)22/h1-12,15,24,27H,13-14H2,(H,28,30)/t24-/m1/s1. The molecular weight excluding hydrogens is 410 g/mol. The van der Waals surface area contributed by atoms with Crippen molar-refractivity contribution in [1.29, 1.82) is 0 Å². The van der Waals surface area contributed by atoms with Gasteiger partial charge in [0.05, 0.1) is 6.04 Å². The van der Waals surface area contributed by atoms with Crippen molar-refractivity contribution >= 4 is 40.0 Å². The molecule has 6 heteroatoms. The van der Waals surface area contributed by atoms with Crippen LogP contribution in [-0.4, -0.2) is 28.2 Å². The molecule has 0 bridgehead atoms. The highest BCUT2D eigenvalue weighted by Gasteiger charge is 2.38. The van der Waals surface area contributed by atoms with E-state index in [0.717, 1.165) is 22.0 Å². The predicted molar refractivity (Wildman–Crippen MR) is 122 cm³/mol. The van der Waals surface area contributed by atoms with E-state index >= 15 is 0 Å². The number of nitrogens with one attached hydrogen (secondary N) is 2. The number of aromatic amines is 1. The van der Waals surface area contributed by atoms with Crippen LogP contribution in [0.3, 0.4) is 0 Å².